The molecule has 0 unspecified atom stereocenters. The van der Waals surface area contributed by atoms with Crippen molar-refractivity contribution in [3.05, 3.63) is 45.5 Å². The lowest BCUT2D eigenvalue weighted by Gasteiger charge is -2.30. The zero-order valence-corrected chi connectivity index (χ0v) is 19.4. The smallest absolute Gasteiger partial charge is 0.109 e. The van der Waals surface area contributed by atoms with Crippen LogP contribution in [0.3, 0.4) is 0 Å². The van der Waals surface area contributed by atoms with Crippen LogP contribution >= 0.6 is 11.3 Å². The van der Waals surface area contributed by atoms with E-state index in [1.807, 2.05) is 11.3 Å². The Morgan fingerprint density at radius 2 is 1.12 bits per heavy atom. The second-order valence-corrected chi connectivity index (χ2v) is 12.2. The Labute approximate surface area is 165 Å². The average Bonchev–Trinajstić information content (AvgIpc) is 3.13. The fraction of sp³-hybridized carbons (Fsp3) is 0.667. The lowest BCUT2D eigenvalue weighted by atomic mass is 9.77. The Kier molecular flexibility index (Phi) is 5.61. The zero-order valence-electron chi connectivity index (χ0n) is 18.5. The van der Waals surface area contributed by atoms with Crippen molar-refractivity contribution in [1.29, 1.82) is 0 Å². The largest absolute Gasteiger partial charge is 0.465 e. The van der Waals surface area contributed by atoms with Crippen molar-refractivity contribution in [2.24, 2.45) is 0 Å². The summed E-state index contributed by atoms with van der Waals surface area (Å²) in [6.45, 7) is 22.9. The highest BCUT2D eigenvalue weighted by molar-refractivity contribution is 7.12. The van der Waals surface area contributed by atoms with Gasteiger partial charge in [-0.05, 0) is 47.9 Å². The molecule has 2 heterocycles. The molecule has 0 saturated heterocycles. The molecular formula is C24H38OS. The summed E-state index contributed by atoms with van der Waals surface area (Å²) >= 11 is 1.98. The number of rotatable bonds is 5. The van der Waals surface area contributed by atoms with Crippen LogP contribution in [0.15, 0.2) is 28.7 Å². The van der Waals surface area contributed by atoms with E-state index < -0.39 is 0 Å². The molecule has 1 nitrogen and oxygen atoms in total. The van der Waals surface area contributed by atoms with E-state index in [9.17, 15) is 0 Å². The third-order valence-electron chi connectivity index (χ3n) is 5.40. The molecule has 0 aromatic carbocycles. The van der Waals surface area contributed by atoms with Gasteiger partial charge in [-0.15, -0.1) is 11.3 Å². The molecule has 146 valence electrons. The summed E-state index contributed by atoms with van der Waals surface area (Å²) in [6, 6.07) is 8.98. The molecule has 0 atom stereocenters. The van der Waals surface area contributed by atoms with Crippen molar-refractivity contribution >= 4 is 11.3 Å². The standard InChI is InChI=1S/C24H38OS/c1-21(2,3)17-11-12-18(25-17)23(7,8)15-16-24(9,10)20-14-13-19(26-20)22(4,5)6/h11-14H,15-16H2,1-10H3. The van der Waals surface area contributed by atoms with Crippen LogP contribution in [0.5, 0.6) is 0 Å². The van der Waals surface area contributed by atoms with Crippen LogP contribution in [0.4, 0.5) is 0 Å². The minimum Gasteiger partial charge on any atom is -0.465 e. The Bertz CT molecular complexity index is 665. The third-order valence-corrected chi connectivity index (χ3v) is 7.28. The van der Waals surface area contributed by atoms with Crippen LogP contribution in [-0.4, -0.2) is 0 Å². The lowest BCUT2D eigenvalue weighted by Crippen LogP contribution is -2.23. The van der Waals surface area contributed by atoms with Crippen LogP contribution in [0.1, 0.15) is 103 Å². The minimum atomic E-state index is 0.0465. The molecule has 2 aromatic rings. The Morgan fingerprint density at radius 3 is 1.58 bits per heavy atom. The second-order valence-electron chi connectivity index (χ2n) is 11.1. The molecule has 0 aliphatic heterocycles. The van der Waals surface area contributed by atoms with Gasteiger partial charge in [-0.2, -0.15) is 0 Å². The van der Waals surface area contributed by atoms with Crippen LogP contribution in [0.2, 0.25) is 0 Å². The molecule has 0 aliphatic rings. The summed E-state index contributed by atoms with van der Waals surface area (Å²) in [5, 5.41) is 0. The van der Waals surface area contributed by atoms with Crippen molar-refractivity contribution in [3.63, 3.8) is 0 Å². The van der Waals surface area contributed by atoms with Gasteiger partial charge in [-0.1, -0.05) is 69.2 Å². The van der Waals surface area contributed by atoms with E-state index in [1.54, 1.807) is 0 Å². The van der Waals surface area contributed by atoms with Gasteiger partial charge >= 0.3 is 0 Å². The van der Waals surface area contributed by atoms with E-state index in [2.05, 4.69) is 93.5 Å². The molecule has 0 N–H and O–H groups in total. The van der Waals surface area contributed by atoms with Gasteiger partial charge in [-0.3, -0.25) is 0 Å². The van der Waals surface area contributed by atoms with Crippen LogP contribution in [0.25, 0.3) is 0 Å². The lowest BCUT2D eigenvalue weighted by molar-refractivity contribution is 0.298. The normalized spacial score (nSPS) is 14.1. The first kappa shape index (κ1) is 21.3. The molecule has 0 spiro atoms. The summed E-state index contributed by atoms with van der Waals surface area (Å²) in [5.74, 6) is 2.19. The molecular weight excluding hydrogens is 336 g/mol. The monoisotopic (exact) mass is 374 g/mol. The molecule has 26 heavy (non-hydrogen) atoms. The maximum Gasteiger partial charge on any atom is 0.109 e. The van der Waals surface area contributed by atoms with Crippen LogP contribution < -0.4 is 0 Å². The van der Waals surface area contributed by atoms with E-state index in [4.69, 9.17) is 4.42 Å². The van der Waals surface area contributed by atoms with Gasteiger partial charge in [0.2, 0.25) is 0 Å². The van der Waals surface area contributed by atoms with Gasteiger partial charge in [0, 0.05) is 20.6 Å². The zero-order chi connectivity index (χ0) is 20.0. The van der Waals surface area contributed by atoms with E-state index in [0.717, 1.165) is 24.4 Å². The highest BCUT2D eigenvalue weighted by Gasteiger charge is 2.32. The Balaban J connectivity index is 2.12. The molecule has 0 bridgehead atoms. The minimum absolute atomic E-state index is 0.0465. The van der Waals surface area contributed by atoms with Gasteiger partial charge in [0.15, 0.2) is 0 Å². The first-order valence-electron chi connectivity index (χ1n) is 9.84. The first-order chi connectivity index (χ1) is 11.6. The molecule has 2 aromatic heterocycles. The number of furan rings is 1. The number of hydrogen-bond donors (Lipinski definition) is 0. The predicted molar refractivity (Wildman–Crippen MR) is 116 cm³/mol. The summed E-state index contributed by atoms with van der Waals surface area (Å²) < 4.78 is 6.24. The van der Waals surface area contributed by atoms with Crippen molar-refractivity contribution in [3.8, 4) is 0 Å². The van der Waals surface area contributed by atoms with E-state index in [0.29, 0.717) is 0 Å². The van der Waals surface area contributed by atoms with Gasteiger partial charge in [-0.25, -0.2) is 0 Å². The van der Waals surface area contributed by atoms with Crippen LogP contribution in [0, 0.1) is 0 Å². The van der Waals surface area contributed by atoms with Gasteiger partial charge in [0.1, 0.15) is 11.5 Å². The Hall–Kier alpha value is -1.02. The third kappa shape index (κ3) is 4.82. The molecule has 0 amide bonds. The summed E-state index contributed by atoms with van der Waals surface area (Å²) in [6.07, 6.45) is 2.26. The fourth-order valence-electron chi connectivity index (χ4n) is 3.08. The topological polar surface area (TPSA) is 13.1 Å². The Morgan fingerprint density at radius 1 is 0.615 bits per heavy atom. The summed E-state index contributed by atoms with van der Waals surface area (Å²) in [5.41, 5.74) is 0.527. The molecule has 0 fully saturated rings. The van der Waals surface area contributed by atoms with Crippen molar-refractivity contribution < 1.29 is 4.42 Å². The quantitative estimate of drug-likeness (QED) is 0.517. The van der Waals surface area contributed by atoms with Gasteiger partial charge < -0.3 is 4.42 Å². The molecule has 0 saturated carbocycles. The van der Waals surface area contributed by atoms with Gasteiger partial charge in [0.05, 0.1) is 0 Å². The molecule has 2 heteroatoms. The summed E-state index contributed by atoms with van der Waals surface area (Å²) in [7, 11) is 0. The maximum atomic E-state index is 6.24. The van der Waals surface area contributed by atoms with Crippen molar-refractivity contribution in [1.82, 2.24) is 0 Å². The number of thiophene rings is 1. The highest BCUT2D eigenvalue weighted by Crippen LogP contribution is 2.41. The van der Waals surface area contributed by atoms with E-state index in [-0.39, 0.29) is 21.7 Å². The summed E-state index contributed by atoms with van der Waals surface area (Å²) in [4.78, 5) is 2.97. The van der Waals surface area contributed by atoms with E-state index >= 15 is 0 Å². The molecule has 0 aliphatic carbocycles. The van der Waals surface area contributed by atoms with Gasteiger partial charge in [0.25, 0.3) is 0 Å². The molecule has 0 radical (unpaired) electrons. The predicted octanol–water partition coefficient (Wildman–Crippen LogP) is 7.97. The SMILES string of the molecule is CC(C)(C)c1ccc(C(C)(C)CCC(C)(C)c2ccc(C(C)(C)C)s2)o1. The first-order valence-corrected chi connectivity index (χ1v) is 10.7. The second kappa shape index (κ2) is 6.86. The fourth-order valence-corrected chi connectivity index (χ4v) is 4.27. The van der Waals surface area contributed by atoms with Crippen molar-refractivity contribution in [2.45, 2.75) is 104 Å². The number of hydrogen-bond acceptors (Lipinski definition) is 2. The van der Waals surface area contributed by atoms with Crippen LogP contribution in [-0.2, 0) is 21.7 Å². The maximum absolute atomic E-state index is 6.24. The van der Waals surface area contributed by atoms with Crippen molar-refractivity contribution in [2.75, 3.05) is 0 Å². The average molecular weight is 375 g/mol. The van der Waals surface area contributed by atoms with E-state index in [1.165, 1.54) is 9.75 Å². The highest BCUT2D eigenvalue weighted by atomic mass is 32.1. The molecule has 2 rings (SSSR count).